The molecule has 0 aliphatic rings. The normalized spacial score (nSPS) is 9.60. The van der Waals surface area contributed by atoms with E-state index in [4.69, 9.17) is 0 Å². The minimum Gasteiger partial charge on any atom is -0.321 e. The molecule has 0 aliphatic carbocycles. The largest absolute Gasteiger partial charge is 0.321 e. The average Bonchev–Trinajstić information content (AvgIpc) is 2.31. The molecule has 2 rings (SSSR count). The van der Waals surface area contributed by atoms with Crippen molar-refractivity contribution in [2.75, 3.05) is 5.32 Å². The minimum absolute atomic E-state index is 0.136. The van der Waals surface area contributed by atoms with Crippen LogP contribution < -0.4 is 5.32 Å². The van der Waals surface area contributed by atoms with E-state index in [9.17, 15) is 4.79 Å². The Labute approximate surface area is 87.8 Å². The van der Waals surface area contributed by atoms with Crippen molar-refractivity contribution < 1.29 is 4.79 Å². The highest BCUT2D eigenvalue weighted by molar-refractivity contribution is 6.04. The number of hydrogen-bond donors (Lipinski definition) is 1. The lowest BCUT2D eigenvalue weighted by molar-refractivity contribution is 0.102. The van der Waals surface area contributed by atoms with Crippen LogP contribution in [0.25, 0.3) is 0 Å². The third-order valence-corrected chi connectivity index (χ3v) is 1.91. The van der Waals surface area contributed by atoms with Gasteiger partial charge in [-0.3, -0.25) is 9.78 Å². The van der Waals surface area contributed by atoms with Crippen LogP contribution in [0.1, 0.15) is 10.4 Å². The fraction of sp³-hybridized carbons (Fsp3) is 0. The summed E-state index contributed by atoms with van der Waals surface area (Å²) in [5, 5.41) is 2.74. The SMILES string of the molecule is O=C(Nc1cc[c]nc1)c1ccccc1. The fourth-order valence-electron chi connectivity index (χ4n) is 1.19. The molecule has 1 heterocycles. The lowest BCUT2D eigenvalue weighted by Crippen LogP contribution is -2.11. The maximum Gasteiger partial charge on any atom is 0.255 e. The van der Waals surface area contributed by atoms with E-state index < -0.39 is 0 Å². The average molecular weight is 197 g/mol. The summed E-state index contributed by atoms with van der Waals surface area (Å²) in [7, 11) is 0. The Morgan fingerprint density at radius 1 is 1.20 bits per heavy atom. The summed E-state index contributed by atoms with van der Waals surface area (Å²) in [5.74, 6) is -0.136. The summed E-state index contributed by atoms with van der Waals surface area (Å²) < 4.78 is 0. The van der Waals surface area contributed by atoms with Crippen molar-refractivity contribution in [3.8, 4) is 0 Å². The van der Waals surface area contributed by atoms with Gasteiger partial charge in [0.1, 0.15) is 0 Å². The highest BCUT2D eigenvalue weighted by Crippen LogP contribution is 2.06. The molecule has 1 aromatic heterocycles. The van der Waals surface area contributed by atoms with E-state index in [1.165, 1.54) is 0 Å². The zero-order valence-corrected chi connectivity index (χ0v) is 7.97. The zero-order chi connectivity index (χ0) is 10.5. The lowest BCUT2D eigenvalue weighted by Gasteiger charge is -2.03. The van der Waals surface area contributed by atoms with Crippen molar-refractivity contribution in [3.63, 3.8) is 0 Å². The molecule has 1 N–H and O–H groups in total. The number of pyridine rings is 1. The van der Waals surface area contributed by atoms with E-state index in [0.29, 0.717) is 11.3 Å². The number of aromatic nitrogens is 1. The molecular weight excluding hydrogens is 188 g/mol. The van der Waals surface area contributed by atoms with E-state index in [-0.39, 0.29) is 5.91 Å². The van der Waals surface area contributed by atoms with Crippen LogP contribution >= 0.6 is 0 Å². The second-order valence-corrected chi connectivity index (χ2v) is 3.00. The summed E-state index contributed by atoms with van der Waals surface area (Å²) in [5.41, 5.74) is 1.30. The first kappa shape index (κ1) is 9.40. The molecule has 0 aliphatic heterocycles. The van der Waals surface area contributed by atoms with Crippen molar-refractivity contribution in [2.24, 2.45) is 0 Å². The molecule has 2 aromatic rings. The molecule has 1 amide bonds. The van der Waals surface area contributed by atoms with Gasteiger partial charge in [0.2, 0.25) is 0 Å². The van der Waals surface area contributed by atoms with Crippen molar-refractivity contribution in [2.45, 2.75) is 0 Å². The number of carbonyl (C=O) groups excluding carboxylic acids is 1. The number of nitrogens with zero attached hydrogens (tertiary/aromatic N) is 1. The van der Waals surface area contributed by atoms with Crippen LogP contribution in [0.15, 0.2) is 48.7 Å². The quantitative estimate of drug-likeness (QED) is 0.801. The second kappa shape index (κ2) is 4.37. The summed E-state index contributed by atoms with van der Waals surface area (Å²) in [4.78, 5) is 15.5. The van der Waals surface area contributed by atoms with Crippen LogP contribution in [0.4, 0.5) is 5.69 Å². The number of benzene rings is 1. The van der Waals surface area contributed by atoms with E-state index in [0.717, 1.165) is 0 Å². The van der Waals surface area contributed by atoms with Crippen LogP contribution in [-0.4, -0.2) is 10.9 Å². The van der Waals surface area contributed by atoms with Gasteiger partial charge in [-0.1, -0.05) is 18.2 Å². The van der Waals surface area contributed by atoms with E-state index in [1.54, 1.807) is 30.5 Å². The third-order valence-electron chi connectivity index (χ3n) is 1.91. The Bertz CT molecular complexity index is 440. The standard InChI is InChI=1S/C12H9N2O/c15-12(10-5-2-1-3-6-10)14-11-7-4-8-13-9-11/h1-7,9H,(H,14,15). The molecule has 0 unspecified atom stereocenters. The maximum absolute atomic E-state index is 11.7. The number of rotatable bonds is 2. The molecule has 0 fully saturated rings. The van der Waals surface area contributed by atoms with Crippen LogP contribution in [-0.2, 0) is 0 Å². The number of nitrogens with one attached hydrogen (secondary N) is 1. The Hall–Kier alpha value is -2.16. The van der Waals surface area contributed by atoms with Gasteiger partial charge in [0, 0.05) is 5.56 Å². The predicted molar refractivity (Wildman–Crippen MR) is 57.5 cm³/mol. The molecule has 73 valence electrons. The lowest BCUT2D eigenvalue weighted by atomic mass is 10.2. The highest BCUT2D eigenvalue weighted by atomic mass is 16.1. The molecule has 1 radical (unpaired) electrons. The van der Waals surface area contributed by atoms with E-state index in [1.807, 2.05) is 18.2 Å². The Morgan fingerprint density at radius 2 is 2.00 bits per heavy atom. The topological polar surface area (TPSA) is 42.0 Å². The number of hydrogen-bond acceptors (Lipinski definition) is 2. The van der Waals surface area contributed by atoms with Gasteiger partial charge < -0.3 is 5.32 Å². The molecule has 15 heavy (non-hydrogen) atoms. The first-order valence-corrected chi connectivity index (χ1v) is 4.55. The molecular formula is C12H9N2O. The first-order valence-electron chi connectivity index (χ1n) is 4.55. The van der Waals surface area contributed by atoms with Gasteiger partial charge in [0.25, 0.3) is 5.91 Å². The molecule has 0 bridgehead atoms. The maximum atomic E-state index is 11.7. The number of carbonyl (C=O) groups is 1. The molecule has 3 heteroatoms. The minimum atomic E-state index is -0.136. The summed E-state index contributed by atoms with van der Waals surface area (Å²) in [6, 6.07) is 12.4. The smallest absolute Gasteiger partial charge is 0.255 e. The Balaban J connectivity index is 2.12. The second-order valence-electron chi connectivity index (χ2n) is 3.00. The van der Waals surface area contributed by atoms with Gasteiger partial charge in [0.05, 0.1) is 18.1 Å². The van der Waals surface area contributed by atoms with Crippen molar-refractivity contribution in [1.82, 2.24) is 4.98 Å². The van der Waals surface area contributed by atoms with E-state index in [2.05, 4.69) is 16.5 Å². The van der Waals surface area contributed by atoms with Crippen molar-refractivity contribution in [1.29, 1.82) is 0 Å². The van der Waals surface area contributed by atoms with Gasteiger partial charge in [-0.2, -0.15) is 0 Å². The van der Waals surface area contributed by atoms with E-state index >= 15 is 0 Å². The monoisotopic (exact) mass is 197 g/mol. The Kier molecular flexibility index (Phi) is 2.74. The zero-order valence-electron chi connectivity index (χ0n) is 7.97. The van der Waals surface area contributed by atoms with Crippen LogP contribution in [0, 0.1) is 6.20 Å². The van der Waals surface area contributed by atoms with Gasteiger partial charge in [0.15, 0.2) is 0 Å². The van der Waals surface area contributed by atoms with Gasteiger partial charge in [-0.15, -0.1) is 0 Å². The Morgan fingerprint density at radius 3 is 2.67 bits per heavy atom. The molecule has 0 spiro atoms. The van der Waals surface area contributed by atoms with Gasteiger partial charge in [-0.25, -0.2) is 0 Å². The predicted octanol–water partition coefficient (Wildman–Crippen LogP) is 2.13. The summed E-state index contributed by atoms with van der Waals surface area (Å²) in [6.45, 7) is 0. The molecule has 0 atom stereocenters. The van der Waals surface area contributed by atoms with Crippen molar-refractivity contribution >= 4 is 11.6 Å². The summed E-state index contributed by atoms with van der Waals surface area (Å²) >= 11 is 0. The molecule has 3 nitrogen and oxygen atoms in total. The summed E-state index contributed by atoms with van der Waals surface area (Å²) in [6.07, 6.45) is 4.20. The van der Waals surface area contributed by atoms with Crippen molar-refractivity contribution in [3.05, 3.63) is 60.4 Å². The van der Waals surface area contributed by atoms with Crippen LogP contribution in [0.3, 0.4) is 0 Å². The molecule has 0 saturated carbocycles. The fourth-order valence-corrected chi connectivity index (χ4v) is 1.19. The first-order chi connectivity index (χ1) is 7.36. The van der Waals surface area contributed by atoms with Gasteiger partial charge >= 0.3 is 0 Å². The molecule has 1 aromatic carbocycles. The van der Waals surface area contributed by atoms with Crippen LogP contribution in [0.2, 0.25) is 0 Å². The highest BCUT2D eigenvalue weighted by Gasteiger charge is 2.03. The third kappa shape index (κ3) is 2.40. The number of anilines is 1. The van der Waals surface area contributed by atoms with Crippen LogP contribution in [0.5, 0.6) is 0 Å². The molecule has 0 saturated heterocycles. The number of amides is 1. The van der Waals surface area contributed by atoms with Gasteiger partial charge in [-0.05, 0) is 24.3 Å².